The van der Waals surface area contributed by atoms with E-state index in [4.69, 9.17) is 16.3 Å². The van der Waals surface area contributed by atoms with Crippen molar-refractivity contribution >= 4 is 17.6 Å². The number of ether oxygens (including phenoxy) is 1. The van der Waals surface area contributed by atoms with E-state index in [1.54, 1.807) is 0 Å². The van der Waals surface area contributed by atoms with Crippen LogP contribution in [0.15, 0.2) is 6.20 Å². The molecule has 1 fully saturated rings. The van der Waals surface area contributed by atoms with Crippen molar-refractivity contribution in [2.45, 2.75) is 64.6 Å². The Hall–Kier alpha value is -1.07. The highest BCUT2D eigenvalue weighted by Gasteiger charge is 2.47. The van der Waals surface area contributed by atoms with Gasteiger partial charge in [0.1, 0.15) is 5.54 Å². The SMILES string of the molecule is CCOC(=O)C1(NC(C)C)CCC(n2cc(Cl)c(C)n2)C1. The number of rotatable bonds is 5. The Bertz CT molecular complexity index is 496. The number of aromatic nitrogens is 2. The lowest BCUT2D eigenvalue weighted by Crippen LogP contribution is -2.53. The molecule has 2 atom stereocenters. The van der Waals surface area contributed by atoms with Gasteiger partial charge in [0.05, 0.1) is 23.4 Å². The highest BCUT2D eigenvalue weighted by Crippen LogP contribution is 2.39. The molecule has 1 aliphatic rings. The Morgan fingerprint density at radius 2 is 2.38 bits per heavy atom. The van der Waals surface area contributed by atoms with E-state index in [1.807, 2.05) is 38.6 Å². The van der Waals surface area contributed by atoms with Crippen LogP contribution in [0.2, 0.25) is 5.02 Å². The van der Waals surface area contributed by atoms with Crippen molar-refractivity contribution in [3.8, 4) is 0 Å². The summed E-state index contributed by atoms with van der Waals surface area (Å²) in [6.07, 6.45) is 4.17. The minimum atomic E-state index is -0.610. The lowest BCUT2D eigenvalue weighted by Gasteiger charge is -2.30. The Kier molecular flexibility index (Phi) is 4.94. The third-order valence-corrected chi connectivity index (χ3v) is 4.32. The molecule has 2 rings (SSSR count). The zero-order chi connectivity index (χ0) is 15.6. The molecule has 1 aromatic heterocycles. The number of halogens is 1. The summed E-state index contributed by atoms with van der Waals surface area (Å²) < 4.78 is 7.18. The average molecular weight is 314 g/mol. The smallest absolute Gasteiger partial charge is 0.326 e. The van der Waals surface area contributed by atoms with E-state index in [1.165, 1.54) is 0 Å². The molecule has 1 aliphatic carbocycles. The summed E-state index contributed by atoms with van der Waals surface area (Å²) in [6, 6.07) is 0.392. The summed E-state index contributed by atoms with van der Waals surface area (Å²) in [5, 5.41) is 8.53. The first-order chi connectivity index (χ1) is 9.88. The first-order valence-electron chi connectivity index (χ1n) is 7.54. The zero-order valence-electron chi connectivity index (χ0n) is 13.1. The number of hydrogen-bond donors (Lipinski definition) is 1. The molecular weight excluding hydrogens is 290 g/mol. The van der Waals surface area contributed by atoms with Gasteiger partial charge in [-0.05, 0) is 47.0 Å². The van der Waals surface area contributed by atoms with Gasteiger partial charge in [0.2, 0.25) is 0 Å². The molecule has 0 bridgehead atoms. The molecule has 1 N–H and O–H groups in total. The molecule has 0 spiro atoms. The van der Waals surface area contributed by atoms with Crippen molar-refractivity contribution in [2.75, 3.05) is 6.61 Å². The molecule has 5 nitrogen and oxygen atoms in total. The number of aryl methyl sites for hydroxylation is 1. The molecule has 2 unspecified atom stereocenters. The molecule has 118 valence electrons. The second-order valence-corrected chi connectivity index (χ2v) is 6.45. The summed E-state index contributed by atoms with van der Waals surface area (Å²) in [5.41, 5.74) is 0.211. The van der Waals surface area contributed by atoms with Gasteiger partial charge in [0.25, 0.3) is 0 Å². The number of nitrogens with zero attached hydrogens (tertiary/aromatic N) is 2. The molecule has 0 aromatic carbocycles. The standard InChI is InChI=1S/C15H24ClN3O2/c1-5-21-14(20)15(17-10(2)3)7-6-12(8-15)19-9-13(16)11(4)18-19/h9-10,12,17H,5-8H2,1-4H3. The van der Waals surface area contributed by atoms with Crippen LogP contribution in [0.1, 0.15) is 51.8 Å². The van der Waals surface area contributed by atoms with Crippen molar-refractivity contribution in [1.82, 2.24) is 15.1 Å². The van der Waals surface area contributed by atoms with E-state index in [0.717, 1.165) is 18.5 Å². The van der Waals surface area contributed by atoms with Crippen LogP contribution in [-0.2, 0) is 9.53 Å². The summed E-state index contributed by atoms with van der Waals surface area (Å²) in [6.45, 7) is 8.22. The van der Waals surface area contributed by atoms with Crippen LogP contribution in [0.3, 0.4) is 0 Å². The van der Waals surface area contributed by atoms with Gasteiger partial charge < -0.3 is 4.74 Å². The summed E-state index contributed by atoms with van der Waals surface area (Å²) in [7, 11) is 0. The Labute approximate surface area is 131 Å². The molecule has 1 heterocycles. The van der Waals surface area contributed by atoms with Gasteiger partial charge in [-0.15, -0.1) is 0 Å². The molecule has 0 saturated heterocycles. The largest absolute Gasteiger partial charge is 0.465 e. The average Bonchev–Trinajstić information content (AvgIpc) is 2.95. The highest BCUT2D eigenvalue weighted by atomic mass is 35.5. The monoisotopic (exact) mass is 313 g/mol. The molecule has 0 aliphatic heterocycles. The van der Waals surface area contributed by atoms with Crippen LogP contribution in [-0.4, -0.2) is 33.9 Å². The van der Waals surface area contributed by atoms with E-state index in [0.29, 0.717) is 18.1 Å². The zero-order valence-corrected chi connectivity index (χ0v) is 13.9. The second kappa shape index (κ2) is 6.36. The van der Waals surface area contributed by atoms with Gasteiger partial charge >= 0.3 is 5.97 Å². The Morgan fingerprint density at radius 1 is 1.67 bits per heavy atom. The van der Waals surface area contributed by atoms with Crippen LogP contribution in [0.5, 0.6) is 0 Å². The maximum atomic E-state index is 12.4. The fraction of sp³-hybridized carbons (Fsp3) is 0.733. The number of hydrogen-bond acceptors (Lipinski definition) is 4. The maximum absolute atomic E-state index is 12.4. The number of carbonyl (C=O) groups is 1. The molecule has 0 radical (unpaired) electrons. The second-order valence-electron chi connectivity index (χ2n) is 6.04. The normalized spacial score (nSPS) is 25.5. The van der Waals surface area contributed by atoms with Crippen LogP contribution in [0.25, 0.3) is 0 Å². The van der Waals surface area contributed by atoms with Crippen molar-refractivity contribution in [2.24, 2.45) is 0 Å². The Balaban J connectivity index is 2.19. The summed E-state index contributed by atoms with van der Waals surface area (Å²) in [4.78, 5) is 12.4. The van der Waals surface area contributed by atoms with E-state index >= 15 is 0 Å². The van der Waals surface area contributed by atoms with Crippen LogP contribution in [0, 0.1) is 6.92 Å². The van der Waals surface area contributed by atoms with Gasteiger partial charge in [-0.2, -0.15) is 5.10 Å². The summed E-state index contributed by atoms with van der Waals surface area (Å²) >= 11 is 6.08. The lowest BCUT2D eigenvalue weighted by molar-refractivity contribution is -0.151. The first-order valence-corrected chi connectivity index (χ1v) is 7.92. The van der Waals surface area contributed by atoms with E-state index in [9.17, 15) is 4.79 Å². The fourth-order valence-corrected chi connectivity index (χ4v) is 3.23. The molecule has 1 aromatic rings. The maximum Gasteiger partial charge on any atom is 0.326 e. The number of nitrogens with one attached hydrogen (secondary N) is 1. The molecular formula is C15H24ClN3O2. The van der Waals surface area contributed by atoms with E-state index in [-0.39, 0.29) is 18.1 Å². The van der Waals surface area contributed by atoms with Crippen LogP contribution in [0.4, 0.5) is 0 Å². The topological polar surface area (TPSA) is 56.1 Å². The fourth-order valence-electron chi connectivity index (χ4n) is 3.09. The lowest BCUT2D eigenvalue weighted by atomic mass is 9.96. The first kappa shape index (κ1) is 16.3. The number of carbonyl (C=O) groups excluding carboxylic acids is 1. The molecule has 0 amide bonds. The van der Waals surface area contributed by atoms with Gasteiger partial charge in [-0.3, -0.25) is 14.8 Å². The van der Waals surface area contributed by atoms with E-state index in [2.05, 4.69) is 10.4 Å². The molecule has 1 saturated carbocycles. The number of esters is 1. The van der Waals surface area contributed by atoms with Crippen molar-refractivity contribution in [1.29, 1.82) is 0 Å². The molecule has 21 heavy (non-hydrogen) atoms. The highest BCUT2D eigenvalue weighted by molar-refractivity contribution is 6.31. The predicted molar refractivity (Wildman–Crippen MR) is 82.5 cm³/mol. The quantitative estimate of drug-likeness (QED) is 0.849. The Morgan fingerprint density at radius 3 is 2.90 bits per heavy atom. The predicted octanol–water partition coefficient (Wildman–Crippen LogP) is 2.87. The molecule has 6 heteroatoms. The van der Waals surface area contributed by atoms with Crippen molar-refractivity contribution in [3.63, 3.8) is 0 Å². The van der Waals surface area contributed by atoms with Crippen molar-refractivity contribution < 1.29 is 9.53 Å². The minimum Gasteiger partial charge on any atom is -0.465 e. The van der Waals surface area contributed by atoms with E-state index < -0.39 is 5.54 Å². The van der Waals surface area contributed by atoms with Gasteiger partial charge in [-0.1, -0.05) is 11.6 Å². The van der Waals surface area contributed by atoms with Crippen molar-refractivity contribution in [3.05, 3.63) is 16.9 Å². The van der Waals surface area contributed by atoms with Crippen LogP contribution >= 0.6 is 11.6 Å². The van der Waals surface area contributed by atoms with Crippen LogP contribution < -0.4 is 5.32 Å². The summed E-state index contributed by atoms with van der Waals surface area (Å²) in [5.74, 6) is -0.156. The minimum absolute atomic E-state index is 0.156. The van der Waals surface area contributed by atoms with Gasteiger partial charge in [0, 0.05) is 12.2 Å². The third-order valence-electron chi connectivity index (χ3n) is 3.95. The van der Waals surface area contributed by atoms with Gasteiger partial charge in [-0.25, -0.2) is 0 Å². The van der Waals surface area contributed by atoms with Gasteiger partial charge in [0.15, 0.2) is 0 Å². The third kappa shape index (κ3) is 3.40.